The molecule has 1 N–H and O–H groups in total. The van der Waals surface area contributed by atoms with Gasteiger partial charge in [-0.1, -0.05) is 12.2 Å². The molecule has 21 heavy (non-hydrogen) atoms. The maximum Gasteiger partial charge on any atom is 0.338 e. The Morgan fingerprint density at radius 3 is 2.48 bits per heavy atom. The van der Waals surface area contributed by atoms with Crippen molar-refractivity contribution in [2.24, 2.45) is 5.92 Å². The van der Waals surface area contributed by atoms with Gasteiger partial charge in [-0.3, -0.25) is 0 Å². The van der Waals surface area contributed by atoms with Crippen LogP contribution in [0.4, 0.5) is 0 Å². The lowest BCUT2D eigenvalue weighted by Gasteiger charge is -2.19. The Hall–Kier alpha value is -1.61. The molecule has 0 radical (unpaired) electrons. The maximum atomic E-state index is 11.8. The number of piperidine rings is 1. The van der Waals surface area contributed by atoms with Crippen LogP contribution in [0.2, 0.25) is 0 Å². The highest BCUT2D eigenvalue weighted by Gasteiger charge is 2.12. The summed E-state index contributed by atoms with van der Waals surface area (Å²) < 4.78 is 5.07. The molecule has 0 spiro atoms. The fourth-order valence-electron chi connectivity index (χ4n) is 2.84. The molecule has 114 valence electrons. The summed E-state index contributed by atoms with van der Waals surface area (Å²) in [5.74, 6) is 0.423. The normalized spacial score (nSPS) is 16.3. The summed E-state index contributed by atoms with van der Waals surface area (Å²) in [4.78, 5) is 11.8. The van der Waals surface area contributed by atoms with E-state index in [1.165, 1.54) is 18.4 Å². The van der Waals surface area contributed by atoms with Gasteiger partial charge in [-0.15, -0.1) is 0 Å². The molecule has 0 amide bonds. The van der Waals surface area contributed by atoms with Gasteiger partial charge < -0.3 is 10.1 Å². The lowest BCUT2D eigenvalue weighted by molar-refractivity contribution is 0.0526. The zero-order chi connectivity index (χ0) is 15.2. The Kier molecular flexibility index (Phi) is 5.57. The highest BCUT2D eigenvalue weighted by atomic mass is 16.5. The van der Waals surface area contributed by atoms with Crippen molar-refractivity contribution in [1.82, 2.24) is 5.32 Å². The van der Waals surface area contributed by atoms with Crippen molar-refractivity contribution < 1.29 is 9.53 Å². The lowest BCUT2D eigenvalue weighted by atomic mass is 9.94. The molecule has 0 bridgehead atoms. The molecule has 0 atom stereocenters. The van der Waals surface area contributed by atoms with E-state index in [0.717, 1.165) is 24.2 Å². The van der Waals surface area contributed by atoms with E-state index in [4.69, 9.17) is 4.74 Å². The van der Waals surface area contributed by atoms with Gasteiger partial charge in [0.2, 0.25) is 0 Å². The van der Waals surface area contributed by atoms with Crippen LogP contribution in [0.5, 0.6) is 0 Å². The van der Waals surface area contributed by atoms with Gasteiger partial charge in [0.25, 0.3) is 0 Å². The smallest absolute Gasteiger partial charge is 0.338 e. The Labute approximate surface area is 127 Å². The summed E-state index contributed by atoms with van der Waals surface area (Å²) in [5, 5.41) is 3.38. The molecule has 1 heterocycles. The minimum atomic E-state index is -0.238. The first-order valence-electron chi connectivity index (χ1n) is 7.79. The van der Waals surface area contributed by atoms with E-state index < -0.39 is 0 Å². The van der Waals surface area contributed by atoms with Crippen LogP contribution in [0.25, 0.3) is 6.08 Å². The Balaban J connectivity index is 2.16. The number of benzene rings is 1. The molecule has 1 aliphatic heterocycles. The number of carbonyl (C=O) groups excluding carboxylic acids is 1. The topological polar surface area (TPSA) is 38.3 Å². The van der Waals surface area contributed by atoms with Gasteiger partial charge >= 0.3 is 5.97 Å². The summed E-state index contributed by atoms with van der Waals surface area (Å²) in [6.07, 6.45) is 6.95. The van der Waals surface area contributed by atoms with Crippen molar-refractivity contribution in [2.75, 3.05) is 19.7 Å². The van der Waals surface area contributed by atoms with Gasteiger partial charge in [-0.2, -0.15) is 0 Å². The average Bonchev–Trinajstić information content (AvgIpc) is 2.47. The Morgan fingerprint density at radius 2 is 1.90 bits per heavy atom. The van der Waals surface area contributed by atoms with E-state index in [9.17, 15) is 4.79 Å². The van der Waals surface area contributed by atoms with E-state index >= 15 is 0 Å². The molecule has 0 aliphatic carbocycles. The first-order chi connectivity index (χ1) is 10.1. The first kappa shape index (κ1) is 15.8. The maximum absolute atomic E-state index is 11.8. The third-order valence-electron chi connectivity index (χ3n) is 4.02. The second-order valence-corrected chi connectivity index (χ2v) is 5.69. The lowest BCUT2D eigenvalue weighted by Crippen LogP contribution is -2.26. The van der Waals surface area contributed by atoms with Crippen LogP contribution in [-0.4, -0.2) is 25.7 Å². The Morgan fingerprint density at radius 1 is 1.29 bits per heavy atom. The second kappa shape index (κ2) is 7.41. The summed E-state index contributed by atoms with van der Waals surface area (Å²) in [6, 6.07) is 3.85. The molecule has 1 aromatic carbocycles. The Bertz CT molecular complexity index is 505. The zero-order valence-electron chi connectivity index (χ0n) is 13.2. The van der Waals surface area contributed by atoms with Crippen LogP contribution in [0.15, 0.2) is 18.2 Å². The number of allylic oxidation sites excluding steroid dienone is 1. The SMILES string of the molecule is CCOC(=O)c1cc(C)c(/C=C/C2CCNCC2)c(C)c1. The van der Waals surface area contributed by atoms with Crippen molar-refractivity contribution >= 4 is 12.0 Å². The first-order valence-corrected chi connectivity index (χ1v) is 7.79. The van der Waals surface area contributed by atoms with Gasteiger partial charge in [-0.05, 0) is 81.4 Å². The zero-order valence-corrected chi connectivity index (χ0v) is 13.2. The standard InChI is InChI=1S/C18H25NO2/c1-4-21-18(20)16-11-13(2)17(14(3)12-16)6-5-15-7-9-19-10-8-15/h5-6,11-12,15,19H,4,7-10H2,1-3H3/b6-5+. The number of hydrogen-bond donors (Lipinski definition) is 1. The van der Waals surface area contributed by atoms with Crippen LogP contribution in [0.1, 0.15) is 46.8 Å². The number of carbonyl (C=O) groups is 1. The van der Waals surface area contributed by atoms with Crippen molar-refractivity contribution in [3.63, 3.8) is 0 Å². The fraction of sp³-hybridized carbons (Fsp3) is 0.500. The quantitative estimate of drug-likeness (QED) is 0.861. The molecule has 1 saturated heterocycles. The molecular formula is C18H25NO2. The second-order valence-electron chi connectivity index (χ2n) is 5.69. The highest BCUT2D eigenvalue weighted by Crippen LogP contribution is 2.21. The number of hydrogen-bond acceptors (Lipinski definition) is 3. The van der Waals surface area contributed by atoms with Gasteiger partial charge in [-0.25, -0.2) is 4.79 Å². The molecule has 1 aromatic rings. The molecule has 0 aromatic heterocycles. The monoisotopic (exact) mass is 287 g/mol. The highest BCUT2D eigenvalue weighted by molar-refractivity contribution is 5.90. The molecule has 2 rings (SSSR count). The van der Waals surface area contributed by atoms with Gasteiger partial charge in [0.15, 0.2) is 0 Å². The fourth-order valence-corrected chi connectivity index (χ4v) is 2.84. The van der Waals surface area contributed by atoms with Crippen LogP contribution in [0.3, 0.4) is 0 Å². The van der Waals surface area contributed by atoms with Gasteiger partial charge in [0, 0.05) is 0 Å². The molecular weight excluding hydrogens is 262 g/mol. The molecule has 0 saturated carbocycles. The minimum absolute atomic E-state index is 0.238. The van der Waals surface area contributed by atoms with Crippen LogP contribution < -0.4 is 5.32 Å². The van der Waals surface area contributed by atoms with Crippen LogP contribution in [-0.2, 0) is 4.74 Å². The number of esters is 1. The summed E-state index contributed by atoms with van der Waals surface area (Å²) in [6.45, 7) is 8.56. The number of aryl methyl sites for hydroxylation is 2. The minimum Gasteiger partial charge on any atom is -0.462 e. The van der Waals surface area contributed by atoms with E-state index in [1.807, 2.05) is 19.1 Å². The largest absolute Gasteiger partial charge is 0.462 e. The van der Waals surface area contributed by atoms with Gasteiger partial charge in [0.05, 0.1) is 12.2 Å². The summed E-state index contributed by atoms with van der Waals surface area (Å²) in [5.41, 5.74) is 4.12. The third-order valence-corrected chi connectivity index (χ3v) is 4.02. The van der Waals surface area contributed by atoms with Crippen molar-refractivity contribution in [3.05, 3.63) is 40.5 Å². The number of ether oxygens (including phenoxy) is 1. The van der Waals surface area contributed by atoms with E-state index in [0.29, 0.717) is 18.1 Å². The van der Waals surface area contributed by atoms with E-state index in [2.05, 4.69) is 31.3 Å². The average molecular weight is 287 g/mol. The van der Waals surface area contributed by atoms with Crippen molar-refractivity contribution in [1.29, 1.82) is 0 Å². The molecule has 1 fully saturated rings. The van der Waals surface area contributed by atoms with Crippen molar-refractivity contribution in [3.8, 4) is 0 Å². The summed E-state index contributed by atoms with van der Waals surface area (Å²) >= 11 is 0. The van der Waals surface area contributed by atoms with Crippen LogP contribution >= 0.6 is 0 Å². The number of rotatable bonds is 4. The molecule has 3 heteroatoms. The van der Waals surface area contributed by atoms with E-state index in [-0.39, 0.29) is 5.97 Å². The van der Waals surface area contributed by atoms with E-state index in [1.54, 1.807) is 0 Å². The molecule has 0 unspecified atom stereocenters. The van der Waals surface area contributed by atoms with Gasteiger partial charge in [0.1, 0.15) is 0 Å². The molecule has 3 nitrogen and oxygen atoms in total. The van der Waals surface area contributed by atoms with Crippen LogP contribution in [0, 0.1) is 19.8 Å². The predicted octanol–water partition coefficient (Wildman–Crippen LogP) is 3.49. The molecule has 1 aliphatic rings. The summed E-state index contributed by atoms with van der Waals surface area (Å²) in [7, 11) is 0. The van der Waals surface area contributed by atoms with Crippen molar-refractivity contribution in [2.45, 2.75) is 33.6 Å². The predicted molar refractivity (Wildman–Crippen MR) is 86.5 cm³/mol. The third kappa shape index (κ3) is 4.18. The number of nitrogens with one attached hydrogen (secondary N) is 1.